The molecule has 0 atom stereocenters. The van der Waals surface area contributed by atoms with Crippen LogP contribution in [-0.4, -0.2) is 17.5 Å². The van der Waals surface area contributed by atoms with E-state index in [0.29, 0.717) is 22.2 Å². The highest BCUT2D eigenvalue weighted by Crippen LogP contribution is 2.49. The smallest absolute Gasteiger partial charge is 0.169 e. The van der Waals surface area contributed by atoms with Gasteiger partial charge in [0.05, 0.1) is 11.4 Å². The molecule has 0 spiro atoms. The van der Waals surface area contributed by atoms with Gasteiger partial charge in [-0.3, -0.25) is 4.98 Å². The molecule has 160 valence electrons. The van der Waals surface area contributed by atoms with Gasteiger partial charge in [-0.15, -0.1) is 0 Å². The molecule has 30 heavy (non-hydrogen) atoms. The summed E-state index contributed by atoms with van der Waals surface area (Å²) in [6, 6.07) is 9.96. The molecule has 1 aromatic carbocycles. The Hall–Kier alpha value is -1.79. The van der Waals surface area contributed by atoms with E-state index < -0.39 is 19.9 Å². The average Bonchev–Trinajstić information content (AvgIpc) is 3.01. The third kappa shape index (κ3) is 3.69. The molecule has 0 unspecified atom stereocenters. The number of rotatable bonds is 6. The molecule has 0 aliphatic rings. The fraction of sp³-hybridized carbons (Fsp3) is 0.375. The molecule has 0 saturated heterocycles. The van der Waals surface area contributed by atoms with Gasteiger partial charge in [0.15, 0.2) is 19.9 Å². The Morgan fingerprint density at radius 1 is 0.900 bits per heavy atom. The van der Waals surface area contributed by atoms with Gasteiger partial charge in [-0.25, -0.2) is 8.78 Å². The zero-order valence-electron chi connectivity index (χ0n) is 18.4. The summed E-state index contributed by atoms with van der Waals surface area (Å²) in [6.07, 6.45) is 3.90. The Balaban J connectivity index is 2.46. The largest absolute Gasteiger partial charge is 0.372 e. The summed E-state index contributed by atoms with van der Waals surface area (Å²) in [5, 5.41) is 0. The van der Waals surface area contributed by atoms with Crippen molar-refractivity contribution in [1.29, 1.82) is 0 Å². The van der Waals surface area contributed by atoms with E-state index in [9.17, 15) is 8.78 Å². The Kier molecular flexibility index (Phi) is 6.68. The lowest BCUT2D eigenvalue weighted by Crippen LogP contribution is -2.52. The minimum Gasteiger partial charge on any atom is -0.372 e. The Bertz CT molecular complexity index is 1010. The lowest BCUT2D eigenvalue weighted by atomic mass is 10.1. The maximum atomic E-state index is 14.3. The minimum absolute atomic E-state index is 0.442. The van der Waals surface area contributed by atoms with Crippen LogP contribution in [0.5, 0.6) is 0 Å². The minimum atomic E-state index is -2.16. The summed E-state index contributed by atoms with van der Waals surface area (Å²) in [4.78, 5) is 4.57. The van der Waals surface area contributed by atoms with Crippen molar-refractivity contribution in [1.82, 2.24) is 9.22 Å². The summed E-state index contributed by atoms with van der Waals surface area (Å²) in [5.74, 6) is -1.68. The van der Waals surface area contributed by atoms with E-state index in [0.717, 1.165) is 21.4 Å². The van der Waals surface area contributed by atoms with E-state index in [1.807, 2.05) is 18.2 Å². The van der Waals surface area contributed by atoms with E-state index in [1.54, 1.807) is 12.3 Å². The maximum Gasteiger partial charge on any atom is 0.169 e. The zero-order chi connectivity index (χ0) is 22.2. The highest BCUT2D eigenvalue weighted by molar-refractivity contribution is 9.10. The van der Waals surface area contributed by atoms with Crippen LogP contribution in [0.15, 0.2) is 53.3 Å². The lowest BCUT2D eigenvalue weighted by Gasteiger charge is -2.45. The van der Waals surface area contributed by atoms with E-state index >= 15 is 0 Å². The molecule has 0 amide bonds. The van der Waals surface area contributed by atoms with Crippen LogP contribution >= 0.6 is 15.9 Å². The second-order valence-corrected chi connectivity index (χ2v) is 15.3. The van der Waals surface area contributed by atoms with Crippen LogP contribution in [0.3, 0.4) is 0 Å². The van der Waals surface area contributed by atoms with Crippen molar-refractivity contribution in [2.75, 3.05) is 0 Å². The van der Waals surface area contributed by atoms with E-state index in [2.05, 4.69) is 72.9 Å². The molecule has 2 aromatic heterocycles. The fourth-order valence-corrected chi connectivity index (χ4v) is 12.7. The van der Waals surface area contributed by atoms with Crippen molar-refractivity contribution in [3.63, 3.8) is 0 Å². The Morgan fingerprint density at radius 2 is 1.53 bits per heavy atom. The van der Waals surface area contributed by atoms with Crippen LogP contribution in [0.1, 0.15) is 41.5 Å². The van der Waals surface area contributed by atoms with Gasteiger partial charge in [-0.05, 0) is 62.9 Å². The van der Waals surface area contributed by atoms with Crippen LogP contribution in [0.25, 0.3) is 22.5 Å². The third-order valence-electron chi connectivity index (χ3n) is 6.26. The first-order valence-corrected chi connectivity index (χ1v) is 13.4. The number of pyridine rings is 1. The molecule has 0 N–H and O–H groups in total. The molecule has 3 aromatic rings. The number of halogens is 3. The van der Waals surface area contributed by atoms with E-state index in [-0.39, 0.29) is 0 Å². The first kappa shape index (κ1) is 22.9. The molecule has 0 aliphatic carbocycles. The molecule has 0 bridgehead atoms. The number of aromatic nitrogens is 2. The molecule has 0 fully saturated rings. The van der Waals surface area contributed by atoms with Crippen LogP contribution in [-0.2, 0) is 0 Å². The highest BCUT2D eigenvalue weighted by Gasteiger charge is 2.47. The van der Waals surface area contributed by atoms with Gasteiger partial charge in [0.1, 0.15) is 0 Å². The topological polar surface area (TPSA) is 17.8 Å². The van der Waals surface area contributed by atoms with Crippen molar-refractivity contribution in [3.8, 4) is 22.5 Å². The van der Waals surface area contributed by atoms with Crippen molar-refractivity contribution in [3.05, 3.63) is 64.9 Å². The number of hydrogen-bond donors (Lipinski definition) is 0. The second-order valence-electron chi connectivity index (χ2n) is 8.77. The van der Waals surface area contributed by atoms with Crippen LogP contribution < -0.4 is 0 Å². The van der Waals surface area contributed by atoms with Gasteiger partial charge in [0.2, 0.25) is 0 Å². The summed E-state index contributed by atoms with van der Waals surface area (Å²) < 4.78 is 31.4. The molecule has 0 saturated carbocycles. The quantitative estimate of drug-likeness (QED) is 0.317. The predicted octanol–water partition coefficient (Wildman–Crippen LogP) is 8.28. The maximum absolute atomic E-state index is 14.3. The molecule has 0 aliphatic heterocycles. The van der Waals surface area contributed by atoms with Gasteiger partial charge < -0.3 is 4.23 Å². The van der Waals surface area contributed by atoms with Crippen molar-refractivity contribution < 1.29 is 8.78 Å². The third-order valence-corrected chi connectivity index (χ3v) is 13.6. The standard InChI is InChI=1S/C24H29BrF2N2Si/c1-15(2)30(16(3)4,17(5)6)29-14-19(25)23(22-9-7-8-12-28-22)24(29)18-10-11-20(26)21(27)13-18/h7-17H,1-6H3. The van der Waals surface area contributed by atoms with Crippen molar-refractivity contribution in [2.45, 2.75) is 58.2 Å². The second kappa shape index (κ2) is 8.75. The van der Waals surface area contributed by atoms with Gasteiger partial charge in [0.25, 0.3) is 0 Å². The van der Waals surface area contributed by atoms with E-state index in [1.165, 1.54) is 12.1 Å². The SMILES string of the molecule is CC(C)[Si](C(C)C)(C(C)C)n1cc(Br)c(-c2ccccn2)c1-c1ccc(F)c(F)c1. The van der Waals surface area contributed by atoms with Gasteiger partial charge >= 0.3 is 0 Å². The lowest BCUT2D eigenvalue weighted by molar-refractivity contribution is 0.509. The molecular formula is C24H29BrF2N2Si. The molecule has 2 heterocycles. The normalized spacial score (nSPS) is 12.4. The highest BCUT2D eigenvalue weighted by atomic mass is 79.9. The first-order valence-electron chi connectivity index (χ1n) is 10.4. The Labute approximate surface area is 187 Å². The molecule has 3 rings (SSSR count). The van der Waals surface area contributed by atoms with Crippen LogP contribution in [0, 0.1) is 11.6 Å². The summed E-state index contributed by atoms with van der Waals surface area (Å²) in [7, 11) is -2.16. The molecule has 2 nitrogen and oxygen atoms in total. The molecule has 6 heteroatoms. The zero-order valence-corrected chi connectivity index (χ0v) is 21.0. The van der Waals surface area contributed by atoms with Gasteiger partial charge in [-0.2, -0.15) is 0 Å². The molecular weight excluding hydrogens is 462 g/mol. The van der Waals surface area contributed by atoms with Crippen LogP contribution in [0.2, 0.25) is 16.6 Å². The van der Waals surface area contributed by atoms with Crippen molar-refractivity contribution >= 4 is 24.2 Å². The number of hydrogen-bond acceptors (Lipinski definition) is 1. The molecule has 0 radical (unpaired) electrons. The fourth-order valence-electron chi connectivity index (χ4n) is 5.30. The summed E-state index contributed by atoms with van der Waals surface area (Å²) >= 11 is 3.77. The van der Waals surface area contributed by atoms with Crippen molar-refractivity contribution in [2.24, 2.45) is 0 Å². The van der Waals surface area contributed by atoms with Crippen LogP contribution in [0.4, 0.5) is 8.78 Å². The number of benzene rings is 1. The first-order chi connectivity index (χ1) is 14.1. The Morgan fingerprint density at radius 3 is 2.03 bits per heavy atom. The average molecular weight is 491 g/mol. The monoisotopic (exact) mass is 490 g/mol. The van der Waals surface area contributed by atoms with Gasteiger partial charge in [0, 0.05) is 28.0 Å². The predicted molar refractivity (Wildman–Crippen MR) is 127 cm³/mol. The van der Waals surface area contributed by atoms with E-state index in [4.69, 9.17) is 0 Å². The number of nitrogens with zero attached hydrogens (tertiary/aromatic N) is 2. The summed E-state index contributed by atoms with van der Waals surface area (Å²) in [5.41, 5.74) is 4.62. The summed E-state index contributed by atoms with van der Waals surface area (Å²) in [6.45, 7) is 13.7. The van der Waals surface area contributed by atoms with Gasteiger partial charge in [-0.1, -0.05) is 47.6 Å².